The third-order valence-electron chi connectivity index (χ3n) is 2.56. The molecule has 112 valence electrons. The van der Waals surface area contributed by atoms with Gasteiger partial charge in [-0.05, 0) is 18.6 Å². The number of halogens is 1. The molecular formula is C11H15BrN2O5S. The van der Waals surface area contributed by atoms with Gasteiger partial charge >= 0.3 is 0 Å². The molecule has 0 spiro atoms. The van der Waals surface area contributed by atoms with E-state index in [4.69, 9.17) is 5.11 Å². The lowest BCUT2D eigenvalue weighted by Gasteiger charge is -2.20. The Morgan fingerprint density at radius 2 is 2.05 bits per heavy atom. The number of rotatable bonds is 7. The van der Waals surface area contributed by atoms with Crippen LogP contribution in [0.15, 0.2) is 27.6 Å². The molecule has 7 nitrogen and oxygen atoms in total. The molecule has 0 aliphatic carbocycles. The maximum atomic E-state index is 12.5. The summed E-state index contributed by atoms with van der Waals surface area (Å²) in [6.07, 6.45) is 0.543. The highest BCUT2D eigenvalue weighted by molar-refractivity contribution is 9.10. The molecule has 0 aliphatic rings. The molecule has 0 fully saturated rings. The molecule has 1 N–H and O–H groups in total. The fourth-order valence-corrected chi connectivity index (χ4v) is 3.92. The first-order valence-corrected chi connectivity index (χ1v) is 8.12. The molecule has 0 amide bonds. The maximum absolute atomic E-state index is 12.5. The second-order valence-electron chi connectivity index (χ2n) is 4.00. The fraction of sp³-hybridized carbons (Fsp3) is 0.455. The van der Waals surface area contributed by atoms with Crippen molar-refractivity contribution in [1.29, 1.82) is 0 Å². The molecule has 9 heteroatoms. The lowest BCUT2D eigenvalue weighted by atomic mass is 10.3. The van der Waals surface area contributed by atoms with Gasteiger partial charge in [0.25, 0.3) is 5.69 Å². The summed E-state index contributed by atoms with van der Waals surface area (Å²) < 4.78 is 26.4. The van der Waals surface area contributed by atoms with Crippen LogP contribution in [0, 0.1) is 10.1 Å². The third-order valence-corrected chi connectivity index (χ3v) is 4.98. The number of hydrogen-bond donors (Lipinski definition) is 1. The molecule has 1 aromatic rings. The van der Waals surface area contributed by atoms with Crippen molar-refractivity contribution in [2.75, 3.05) is 19.7 Å². The number of hydrogen-bond acceptors (Lipinski definition) is 5. The van der Waals surface area contributed by atoms with E-state index < -0.39 is 20.6 Å². The number of aliphatic hydroxyl groups is 1. The Bertz CT molecular complexity index is 584. The van der Waals surface area contributed by atoms with E-state index in [2.05, 4.69) is 15.9 Å². The molecular weight excluding hydrogens is 352 g/mol. The van der Waals surface area contributed by atoms with Crippen LogP contribution in [-0.4, -0.2) is 42.4 Å². The minimum absolute atomic E-state index is 0.0974. The quantitative estimate of drug-likeness (QED) is 0.585. The van der Waals surface area contributed by atoms with Gasteiger partial charge in [0, 0.05) is 23.6 Å². The van der Waals surface area contributed by atoms with Crippen LogP contribution < -0.4 is 0 Å². The van der Waals surface area contributed by atoms with Gasteiger partial charge < -0.3 is 5.11 Å². The van der Waals surface area contributed by atoms with Crippen molar-refractivity contribution < 1.29 is 18.4 Å². The number of nitrogens with zero attached hydrogens (tertiary/aromatic N) is 2. The van der Waals surface area contributed by atoms with Crippen molar-refractivity contribution in [3.05, 3.63) is 32.8 Å². The molecule has 0 aromatic heterocycles. The SMILES string of the molecule is CCCN(CCO)S(=O)(=O)c1cc(Br)ccc1[N+](=O)[O-]. The van der Waals surface area contributed by atoms with Crippen LogP contribution >= 0.6 is 15.9 Å². The average molecular weight is 367 g/mol. The predicted octanol–water partition coefficient (Wildman–Crippen LogP) is 1.75. The second-order valence-corrected chi connectivity index (χ2v) is 6.82. The Balaban J connectivity index is 3.39. The summed E-state index contributed by atoms with van der Waals surface area (Å²) in [6, 6.07) is 3.75. The summed E-state index contributed by atoms with van der Waals surface area (Å²) in [5.41, 5.74) is -0.479. The first-order valence-electron chi connectivity index (χ1n) is 5.89. The first kappa shape index (κ1) is 17.0. The van der Waals surface area contributed by atoms with Gasteiger partial charge in [0.2, 0.25) is 10.0 Å². The van der Waals surface area contributed by atoms with Crippen LogP contribution in [0.3, 0.4) is 0 Å². The van der Waals surface area contributed by atoms with E-state index in [0.717, 1.165) is 10.4 Å². The molecule has 0 atom stereocenters. The van der Waals surface area contributed by atoms with Crippen LogP contribution in [-0.2, 0) is 10.0 Å². The highest BCUT2D eigenvalue weighted by Crippen LogP contribution is 2.29. The van der Waals surface area contributed by atoms with E-state index in [1.54, 1.807) is 6.92 Å². The molecule has 1 rings (SSSR count). The van der Waals surface area contributed by atoms with Crippen molar-refractivity contribution in [2.45, 2.75) is 18.2 Å². The van der Waals surface area contributed by atoms with Crippen LogP contribution in [0.25, 0.3) is 0 Å². The van der Waals surface area contributed by atoms with Crippen molar-refractivity contribution in [3.63, 3.8) is 0 Å². The normalized spacial score (nSPS) is 11.8. The molecule has 0 radical (unpaired) electrons. The van der Waals surface area contributed by atoms with Crippen molar-refractivity contribution in [3.8, 4) is 0 Å². The number of nitro benzene ring substituents is 1. The third kappa shape index (κ3) is 3.75. The molecule has 0 saturated carbocycles. The Hall–Kier alpha value is -1.03. The van der Waals surface area contributed by atoms with Gasteiger partial charge in [-0.3, -0.25) is 10.1 Å². The molecule has 0 aliphatic heterocycles. The molecule has 20 heavy (non-hydrogen) atoms. The summed E-state index contributed by atoms with van der Waals surface area (Å²) in [5.74, 6) is 0. The van der Waals surface area contributed by atoms with Gasteiger partial charge in [0.15, 0.2) is 4.90 Å². The fourth-order valence-electron chi connectivity index (χ4n) is 1.70. The highest BCUT2D eigenvalue weighted by atomic mass is 79.9. The van der Waals surface area contributed by atoms with Gasteiger partial charge in [-0.1, -0.05) is 22.9 Å². The molecule has 1 aromatic carbocycles. The summed E-state index contributed by atoms with van der Waals surface area (Å²) in [7, 11) is -4.02. The molecule has 0 bridgehead atoms. The van der Waals surface area contributed by atoms with Crippen LogP contribution in [0.2, 0.25) is 0 Å². The number of aliphatic hydroxyl groups excluding tert-OH is 1. The van der Waals surface area contributed by atoms with E-state index in [-0.39, 0.29) is 24.6 Å². The van der Waals surface area contributed by atoms with Crippen LogP contribution in [0.4, 0.5) is 5.69 Å². The van der Waals surface area contributed by atoms with Crippen molar-refractivity contribution in [1.82, 2.24) is 4.31 Å². The van der Waals surface area contributed by atoms with Gasteiger partial charge in [0.05, 0.1) is 11.5 Å². The largest absolute Gasteiger partial charge is 0.395 e. The van der Waals surface area contributed by atoms with E-state index in [1.807, 2.05) is 0 Å². The minimum Gasteiger partial charge on any atom is -0.395 e. The van der Waals surface area contributed by atoms with E-state index in [9.17, 15) is 18.5 Å². The second kappa shape index (κ2) is 7.11. The Labute approximate surface area is 125 Å². The lowest BCUT2D eigenvalue weighted by molar-refractivity contribution is -0.387. The smallest absolute Gasteiger partial charge is 0.289 e. The number of nitro groups is 1. The summed E-state index contributed by atoms with van der Waals surface area (Å²) in [4.78, 5) is 9.87. The van der Waals surface area contributed by atoms with E-state index >= 15 is 0 Å². The Kier molecular flexibility index (Phi) is 6.06. The molecule has 0 saturated heterocycles. The van der Waals surface area contributed by atoms with E-state index in [1.165, 1.54) is 12.1 Å². The molecule has 0 heterocycles. The standard InChI is InChI=1S/C11H15BrN2O5S/c1-2-5-13(6-7-15)20(18,19)11-8-9(12)3-4-10(11)14(16)17/h3-4,8,15H,2,5-7H2,1H3. The van der Waals surface area contributed by atoms with Gasteiger partial charge in [-0.15, -0.1) is 0 Å². The number of sulfonamides is 1. The van der Waals surface area contributed by atoms with Crippen LogP contribution in [0.1, 0.15) is 13.3 Å². The van der Waals surface area contributed by atoms with Gasteiger partial charge in [-0.25, -0.2) is 8.42 Å². The number of benzene rings is 1. The zero-order chi connectivity index (χ0) is 15.3. The summed E-state index contributed by atoms with van der Waals surface area (Å²) >= 11 is 3.11. The zero-order valence-corrected chi connectivity index (χ0v) is 13.2. The summed E-state index contributed by atoms with van der Waals surface area (Å²) in [6.45, 7) is 1.53. The van der Waals surface area contributed by atoms with Crippen molar-refractivity contribution >= 4 is 31.6 Å². The van der Waals surface area contributed by atoms with Crippen LogP contribution in [0.5, 0.6) is 0 Å². The minimum atomic E-state index is -4.02. The van der Waals surface area contributed by atoms with Gasteiger partial charge in [0.1, 0.15) is 0 Å². The van der Waals surface area contributed by atoms with Gasteiger partial charge in [-0.2, -0.15) is 4.31 Å². The van der Waals surface area contributed by atoms with Crippen molar-refractivity contribution in [2.24, 2.45) is 0 Å². The van der Waals surface area contributed by atoms with E-state index in [0.29, 0.717) is 10.9 Å². The highest BCUT2D eigenvalue weighted by Gasteiger charge is 2.31. The average Bonchev–Trinajstić information content (AvgIpc) is 2.38. The lowest BCUT2D eigenvalue weighted by Crippen LogP contribution is -2.34. The first-order chi connectivity index (χ1) is 9.34. The predicted molar refractivity (Wildman–Crippen MR) is 76.9 cm³/mol. The zero-order valence-electron chi connectivity index (χ0n) is 10.8. The maximum Gasteiger partial charge on any atom is 0.289 e. The monoisotopic (exact) mass is 366 g/mol. The topological polar surface area (TPSA) is 101 Å². The Morgan fingerprint density at radius 3 is 2.55 bits per heavy atom. The summed E-state index contributed by atoms with van der Waals surface area (Å²) in [5, 5.41) is 19.9. The Morgan fingerprint density at radius 1 is 1.40 bits per heavy atom. The molecule has 0 unspecified atom stereocenters.